The van der Waals surface area contributed by atoms with E-state index in [4.69, 9.17) is 9.47 Å². The highest BCUT2D eigenvalue weighted by atomic mass is 19.1. The maximum atomic E-state index is 13.3. The molecule has 0 aliphatic heterocycles. The molecule has 1 N–H and O–H groups in total. The number of hydrogen-bond acceptors (Lipinski definition) is 4. The topological polar surface area (TPSA) is 47.6 Å². The molecule has 1 aromatic rings. The summed E-state index contributed by atoms with van der Waals surface area (Å²) in [4.78, 5) is 11.6. The molecule has 1 fully saturated rings. The SMILES string of the molecule is COC(=O)C(CCOc1ccccc1F)NC1CC1. The first-order valence-electron chi connectivity index (χ1n) is 6.42. The number of para-hydroxylation sites is 1. The van der Waals surface area contributed by atoms with Crippen LogP contribution in [0.5, 0.6) is 5.75 Å². The van der Waals surface area contributed by atoms with E-state index in [2.05, 4.69) is 5.32 Å². The number of nitrogens with one attached hydrogen (secondary N) is 1. The molecular formula is C14H18FNO3. The van der Waals surface area contributed by atoms with E-state index in [1.54, 1.807) is 18.2 Å². The van der Waals surface area contributed by atoms with E-state index in [9.17, 15) is 9.18 Å². The standard InChI is InChI=1S/C14H18FNO3/c1-18-14(17)12(16-10-6-7-10)8-9-19-13-5-3-2-4-11(13)15/h2-5,10,12,16H,6-9H2,1H3. The third-order valence-electron chi connectivity index (χ3n) is 3.00. The largest absolute Gasteiger partial charge is 0.490 e. The predicted octanol–water partition coefficient (Wildman–Crippen LogP) is 1.89. The van der Waals surface area contributed by atoms with Crippen LogP contribution in [-0.2, 0) is 9.53 Å². The summed E-state index contributed by atoms with van der Waals surface area (Å²) < 4.78 is 23.4. The summed E-state index contributed by atoms with van der Waals surface area (Å²) in [6, 6.07) is 6.24. The Labute approximate surface area is 111 Å². The normalized spacial score (nSPS) is 15.9. The van der Waals surface area contributed by atoms with Gasteiger partial charge in [0.1, 0.15) is 6.04 Å². The van der Waals surface area contributed by atoms with Crippen LogP contribution < -0.4 is 10.1 Å². The first-order valence-corrected chi connectivity index (χ1v) is 6.42. The Morgan fingerprint density at radius 1 is 1.47 bits per heavy atom. The molecule has 1 atom stereocenters. The number of benzene rings is 1. The van der Waals surface area contributed by atoms with E-state index in [1.165, 1.54) is 13.2 Å². The van der Waals surface area contributed by atoms with Gasteiger partial charge in [-0.05, 0) is 25.0 Å². The van der Waals surface area contributed by atoms with Gasteiger partial charge in [0.15, 0.2) is 11.6 Å². The third-order valence-corrected chi connectivity index (χ3v) is 3.00. The lowest BCUT2D eigenvalue weighted by Crippen LogP contribution is -2.40. The maximum absolute atomic E-state index is 13.3. The fourth-order valence-corrected chi connectivity index (χ4v) is 1.79. The van der Waals surface area contributed by atoms with Gasteiger partial charge in [0.25, 0.3) is 0 Å². The van der Waals surface area contributed by atoms with Crippen molar-refractivity contribution >= 4 is 5.97 Å². The van der Waals surface area contributed by atoms with Gasteiger partial charge in [-0.15, -0.1) is 0 Å². The maximum Gasteiger partial charge on any atom is 0.322 e. The van der Waals surface area contributed by atoms with E-state index < -0.39 is 5.82 Å². The number of hydrogen-bond donors (Lipinski definition) is 1. The van der Waals surface area contributed by atoms with Gasteiger partial charge < -0.3 is 14.8 Å². The van der Waals surface area contributed by atoms with Gasteiger partial charge in [0.2, 0.25) is 0 Å². The summed E-state index contributed by atoms with van der Waals surface area (Å²) in [7, 11) is 1.36. The Balaban J connectivity index is 1.81. The first kappa shape index (κ1) is 13.8. The summed E-state index contributed by atoms with van der Waals surface area (Å²) in [5.74, 6) is -0.492. The van der Waals surface area contributed by atoms with E-state index in [0.717, 1.165) is 12.8 Å². The van der Waals surface area contributed by atoms with Crippen molar-refractivity contribution in [2.75, 3.05) is 13.7 Å². The molecule has 4 nitrogen and oxygen atoms in total. The molecule has 2 rings (SSSR count). The lowest BCUT2D eigenvalue weighted by atomic mass is 10.2. The molecule has 0 saturated heterocycles. The van der Waals surface area contributed by atoms with Crippen molar-refractivity contribution in [1.82, 2.24) is 5.32 Å². The minimum atomic E-state index is -0.396. The van der Waals surface area contributed by atoms with Gasteiger partial charge >= 0.3 is 5.97 Å². The molecule has 104 valence electrons. The van der Waals surface area contributed by atoms with Crippen LogP contribution in [0.4, 0.5) is 4.39 Å². The number of carbonyl (C=O) groups is 1. The number of rotatable bonds is 7. The average Bonchev–Trinajstić information content (AvgIpc) is 3.23. The highest BCUT2D eigenvalue weighted by molar-refractivity contribution is 5.75. The average molecular weight is 267 g/mol. The Morgan fingerprint density at radius 3 is 2.84 bits per heavy atom. The zero-order valence-corrected chi connectivity index (χ0v) is 10.9. The van der Waals surface area contributed by atoms with Crippen LogP contribution in [0.1, 0.15) is 19.3 Å². The molecule has 0 bridgehead atoms. The molecule has 0 spiro atoms. The van der Waals surface area contributed by atoms with Crippen LogP contribution in [-0.4, -0.2) is 31.8 Å². The van der Waals surface area contributed by atoms with E-state index in [-0.39, 0.29) is 24.4 Å². The minimum absolute atomic E-state index is 0.206. The van der Waals surface area contributed by atoms with E-state index in [1.807, 2.05) is 0 Å². The van der Waals surface area contributed by atoms with Crippen molar-refractivity contribution in [2.24, 2.45) is 0 Å². The molecular weight excluding hydrogens is 249 g/mol. The van der Waals surface area contributed by atoms with Crippen molar-refractivity contribution in [3.63, 3.8) is 0 Å². The molecule has 1 unspecified atom stereocenters. The minimum Gasteiger partial charge on any atom is -0.490 e. The monoisotopic (exact) mass is 267 g/mol. The fraction of sp³-hybridized carbons (Fsp3) is 0.500. The van der Waals surface area contributed by atoms with Crippen LogP contribution in [0.25, 0.3) is 0 Å². The van der Waals surface area contributed by atoms with E-state index in [0.29, 0.717) is 12.5 Å². The van der Waals surface area contributed by atoms with Crippen LogP contribution >= 0.6 is 0 Å². The molecule has 0 heterocycles. The second-order valence-electron chi connectivity index (χ2n) is 4.58. The molecule has 0 radical (unpaired) electrons. The van der Waals surface area contributed by atoms with Crippen molar-refractivity contribution in [3.05, 3.63) is 30.1 Å². The summed E-state index contributed by atoms with van der Waals surface area (Å²) >= 11 is 0. The molecule has 19 heavy (non-hydrogen) atoms. The Hall–Kier alpha value is -1.62. The quantitative estimate of drug-likeness (QED) is 0.766. The lowest BCUT2D eigenvalue weighted by Gasteiger charge is -2.16. The number of halogens is 1. The van der Waals surface area contributed by atoms with Gasteiger partial charge in [-0.25, -0.2) is 4.39 Å². The molecule has 1 saturated carbocycles. The van der Waals surface area contributed by atoms with Crippen molar-refractivity contribution in [2.45, 2.75) is 31.3 Å². The van der Waals surface area contributed by atoms with Gasteiger partial charge in [0.05, 0.1) is 13.7 Å². The summed E-state index contributed by atoms with van der Waals surface area (Å²) in [5.41, 5.74) is 0. The van der Waals surface area contributed by atoms with Gasteiger partial charge in [-0.1, -0.05) is 12.1 Å². The van der Waals surface area contributed by atoms with Crippen LogP contribution in [0.3, 0.4) is 0 Å². The highest BCUT2D eigenvalue weighted by Gasteiger charge is 2.28. The van der Waals surface area contributed by atoms with Gasteiger partial charge in [-0.3, -0.25) is 4.79 Å². The third kappa shape index (κ3) is 4.21. The van der Waals surface area contributed by atoms with Crippen molar-refractivity contribution in [3.8, 4) is 5.75 Å². The Bertz CT molecular complexity index is 434. The summed E-state index contributed by atoms with van der Waals surface area (Å²) in [5, 5.41) is 3.19. The molecule has 1 aliphatic carbocycles. The van der Waals surface area contributed by atoms with Crippen LogP contribution in [0, 0.1) is 5.82 Å². The lowest BCUT2D eigenvalue weighted by molar-refractivity contribution is -0.143. The first-order chi connectivity index (χ1) is 9.20. The molecule has 1 aromatic carbocycles. The fourth-order valence-electron chi connectivity index (χ4n) is 1.79. The molecule has 0 aromatic heterocycles. The van der Waals surface area contributed by atoms with E-state index >= 15 is 0 Å². The second-order valence-corrected chi connectivity index (χ2v) is 4.58. The Kier molecular flexibility index (Phi) is 4.74. The number of ether oxygens (including phenoxy) is 2. The van der Waals surface area contributed by atoms with Crippen molar-refractivity contribution in [1.29, 1.82) is 0 Å². The summed E-state index contributed by atoms with van der Waals surface area (Å²) in [6.45, 7) is 0.264. The van der Waals surface area contributed by atoms with Crippen molar-refractivity contribution < 1.29 is 18.7 Å². The van der Waals surface area contributed by atoms with Gasteiger partial charge in [0, 0.05) is 12.5 Å². The highest BCUT2D eigenvalue weighted by Crippen LogP contribution is 2.21. The van der Waals surface area contributed by atoms with Crippen LogP contribution in [0.15, 0.2) is 24.3 Å². The van der Waals surface area contributed by atoms with Crippen LogP contribution in [0.2, 0.25) is 0 Å². The number of carbonyl (C=O) groups excluding carboxylic acids is 1. The Morgan fingerprint density at radius 2 is 2.21 bits per heavy atom. The number of methoxy groups -OCH3 is 1. The number of esters is 1. The second kappa shape index (κ2) is 6.52. The summed E-state index contributed by atoms with van der Waals surface area (Å²) in [6.07, 6.45) is 2.63. The molecule has 5 heteroatoms. The molecule has 0 amide bonds. The zero-order valence-electron chi connectivity index (χ0n) is 10.9. The predicted molar refractivity (Wildman–Crippen MR) is 68.5 cm³/mol. The smallest absolute Gasteiger partial charge is 0.322 e. The molecule has 1 aliphatic rings. The van der Waals surface area contributed by atoms with Gasteiger partial charge in [-0.2, -0.15) is 0 Å². The zero-order chi connectivity index (χ0) is 13.7.